The van der Waals surface area contributed by atoms with Crippen LogP contribution < -0.4 is 16.0 Å². The number of carbonyl (C=O) groups is 1. The molecule has 140 valence electrons. The molecule has 0 atom stereocenters. The summed E-state index contributed by atoms with van der Waals surface area (Å²) in [6.45, 7) is 9.03. The predicted molar refractivity (Wildman–Crippen MR) is 106 cm³/mol. The average Bonchev–Trinajstić information content (AvgIpc) is 3.16. The van der Waals surface area contributed by atoms with E-state index in [4.69, 9.17) is 15.0 Å². The van der Waals surface area contributed by atoms with Gasteiger partial charge in [-0.2, -0.15) is 0 Å². The number of aryl methyl sites for hydroxylation is 2. The molecule has 3 rings (SSSR count). The van der Waals surface area contributed by atoms with Crippen molar-refractivity contribution in [2.75, 3.05) is 0 Å². The molecule has 0 saturated heterocycles. The molecular formula is C22H24N2O3. The van der Waals surface area contributed by atoms with Gasteiger partial charge < -0.3 is 9.15 Å². The molecule has 2 aromatic carbocycles. The highest BCUT2D eigenvalue weighted by atomic mass is 16.5. The summed E-state index contributed by atoms with van der Waals surface area (Å²) in [5, 5.41) is 0. The van der Waals surface area contributed by atoms with Crippen molar-refractivity contribution in [2.45, 2.75) is 34.3 Å². The molecule has 0 fully saturated rings. The van der Waals surface area contributed by atoms with Crippen LogP contribution in [0.1, 0.15) is 38.4 Å². The van der Waals surface area contributed by atoms with E-state index >= 15 is 0 Å². The molecule has 0 aliphatic heterocycles. The van der Waals surface area contributed by atoms with E-state index in [1.54, 1.807) is 6.07 Å². The van der Waals surface area contributed by atoms with Crippen LogP contribution in [-0.4, -0.2) is 5.91 Å². The van der Waals surface area contributed by atoms with E-state index in [0.717, 1.165) is 11.3 Å². The zero-order chi connectivity index (χ0) is 19.6. The number of rotatable bonds is 5. The molecule has 3 N–H and O–H groups in total. The zero-order valence-electron chi connectivity index (χ0n) is 16.1. The number of nitrogens with one attached hydrogen (secondary N) is 1. The van der Waals surface area contributed by atoms with Crippen molar-refractivity contribution in [3.63, 3.8) is 0 Å². The lowest BCUT2D eigenvalue weighted by molar-refractivity contribution is 0.0927. The molecule has 0 unspecified atom stereocenters. The fourth-order valence-corrected chi connectivity index (χ4v) is 3.18. The maximum Gasteiger partial charge on any atom is 0.301 e. The molecule has 0 spiro atoms. The van der Waals surface area contributed by atoms with Gasteiger partial charge in [-0.25, -0.2) is 5.84 Å². The number of hydrazine groups is 1. The van der Waals surface area contributed by atoms with Crippen LogP contribution in [0.4, 0.5) is 0 Å². The van der Waals surface area contributed by atoms with E-state index in [-0.39, 0.29) is 5.76 Å². The molecule has 0 radical (unpaired) electrons. The average molecular weight is 364 g/mol. The van der Waals surface area contributed by atoms with Crippen LogP contribution in [0.15, 0.2) is 47.1 Å². The number of ether oxygens (including phenoxy) is 1. The van der Waals surface area contributed by atoms with Gasteiger partial charge in [-0.05, 0) is 79.3 Å². The standard InChI is InChI=1S/C22H24N2O3/c1-13-11-14(2)16(4)20(15(13)3)12-27-18-7-5-17(6-8-18)19-9-10-26-21(19)22(25)24-23/h5-11H,12,23H2,1-4H3,(H,24,25). The van der Waals surface area contributed by atoms with Gasteiger partial charge in [0.25, 0.3) is 0 Å². The van der Waals surface area contributed by atoms with Gasteiger partial charge in [-0.15, -0.1) is 0 Å². The first-order valence-electron chi connectivity index (χ1n) is 8.80. The topological polar surface area (TPSA) is 77.5 Å². The van der Waals surface area contributed by atoms with Crippen molar-refractivity contribution < 1.29 is 13.9 Å². The second kappa shape index (κ2) is 7.68. The lowest BCUT2D eigenvalue weighted by Gasteiger charge is -2.16. The molecule has 3 aromatic rings. The highest BCUT2D eigenvalue weighted by molar-refractivity contribution is 5.97. The van der Waals surface area contributed by atoms with Crippen molar-refractivity contribution in [2.24, 2.45) is 5.84 Å². The minimum absolute atomic E-state index is 0.188. The first-order valence-corrected chi connectivity index (χ1v) is 8.80. The highest BCUT2D eigenvalue weighted by Crippen LogP contribution is 2.28. The summed E-state index contributed by atoms with van der Waals surface area (Å²) in [5.41, 5.74) is 9.95. The third kappa shape index (κ3) is 3.73. The Morgan fingerprint density at radius 3 is 2.26 bits per heavy atom. The number of hydrogen-bond acceptors (Lipinski definition) is 4. The van der Waals surface area contributed by atoms with Gasteiger partial charge in [0, 0.05) is 5.56 Å². The Balaban J connectivity index is 1.78. The summed E-state index contributed by atoms with van der Waals surface area (Å²) in [6.07, 6.45) is 1.47. The predicted octanol–water partition coefficient (Wildman–Crippen LogP) is 4.36. The van der Waals surface area contributed by atoms with Crippen LogP contribution in [0.5, 0.6) is 5.75 Å². The SMILES string of the molecule is Cc1cc(C)c(C)c(COc2ccc(-c3ccoc3C(=O)NN)cc2)c1C. The van der Waals surface area contributed by atoms with Gasteiger partial charge in [-0.1, -0.05) is 18.2 Å². The van der Waals surface area contributed by atoms with Gasteiger partial charge >= 0.3 is 5.91 Å². The summed E-state index contributed by atoms with van der Waals surface area (Å²) < 4.78 is 11.2. The summed E-state index contributed by atoms with van der Waals surface area (Å²) in [5.74, 6) is 5.69. The molecule has 0 saturated carbocycles. The molecule has 5 heteroatoms. The summed E-state index contributed by atoms with van der Waals surface area (Å²) in [6, 6.07) is 11.5. The Kier molecular flexibility index (Phi) is 5.33. The minimum atomic E-state index is -0.462. The van der Waals surface area contributed by atoms with E-state index in [9.17, 15) is 4.79 Å². The Morgan fingerprint density at radius 2 is 1.67 bits per heavy atom. The van der Waals surface area contributed by atoms with Crippen molar-refractivity contribution in [3.05, 3.63) is 76.2 Å². The number of carbonyl (C=O) groups excluding carboxylic acids is 1. The van der Waals surface area contributed by atoms with Crippen LogP contribution in [0.2, 0.25) is 0 Å². The van der Waals surface area contributed by atoms with Crippen molar-refractivity contribution in [3.8, 4) is 16.9 Å². The first kappa shape index (κ1) is 18.7. The molecule has 0 aliphatic carbocycles. The summed E-state index contributed by atoms with van der Waals surface area (Å²) in [4.78, 5) is 11.8. The highest BCUT2D eigenvalue weighted by Gasteiger charge is 2.16. The van der Waals surface area contributed by atoms with Gasteiger partial charge in [-0.3, -0.25) is 10.2 Å². The molecule has 0 aliphatic rings. The second-order valence-electron chi connectivity index (χ2n) is 6.69. The van der Waals surface area contributed by atoms with E-state index in [1.165, 1.54) is 34.1 Å². The van der Waals surface area contributed by atoms with E-state index in [0.29, 0.717) is 12.2 Å². The van der Waals surface area contributed by atoms with E-state index < -0.39 is 5.91 Å². The van der Waals surface area contributed by atoms with Gasteiger partial charge in [0.05, 0.1) is 6.26 Å². The second-order valence-corrected chi connectivity index (χ2v) is 6.69. The molecule has 1 amide bonds. The monoisotopic (exact) mass is 364 g/mol. The fraction of sp³-hybridized carbons (Fsp3) is 0.227. The molecule has 1 aromatic heterocycles. The van der Waals surface area contributed by atoms with E-state index in [1.807, 2.05) is 24.3 Å². The number of furan rings is 1. The maximum atomic E-state index is 11.8. The summed E-state index contributed by atoms with van der Waals surface area (Å²) >= 11 is 0. The third-order valence-electron chi connectivity index (χ3n) is 5.07. The van der Waals surface area contributed by atoms with Crippen molar-refractivity contribution in [1.29, 1.82) is 0 Å². The van der Waals surface area contributed by atoms with Gasteiger partial charge in [0.1, 0.15) is 12.4 Å². The zero-order valence-corrected chi connectivity index (χ0v) is 16.1. The summed E-state index contributed by atoms with van der Waals surface area (Å²) in [7, 11) is 0. The number of benzene rings is 2. The molecule has 27 heavy (non-hydrogen) atoms. The number of nitrogen functional groups attached to an aromatic ring is 1. The lowest BCUT2D eigenvalue weighted by atomic mass is 9.95. The molecular weight excluding hydrogens is 340 g/mol. The number of nitrogens with two attached hydrogens (primary N) is 1. The Labute approximate surface area is 159 Å². The van der Waals surface area contributed by atoms with Crippen LogP contribution in [0.25, 0.3) is 11.1 Å². The Morgan fingerprint density at radius 1 is 1.04 bits per heavy atom. The third-order valence-corrected chi connectivity index (χ3v) is 5.07. The number of hydrogen-bond donors (Lipinski definition) is 2. The minimum Gasteiger partial charge on any atom is -0.489 e. The van der Waals surface area contributed by atoms with Crippen LogP contribution >= 0.6 is 0 Å². The molecule has 5 nitrogen and oxygen atoms in total. The molecule has 0 bridgehead atoms. The van der Waals surface area contributed by atoms with Gasteiger partial charge in [0.2, 0.25) is 0 Å². The van der Waals surface area contributed by atoms with E-state index in [2.05, 4.69) is 39.2 Å². The largest absolute Gasteiger partial charge is 0.489 e. The van der Waals surface area contributed by atoms with Gasteiger partial charge in [0.15, 0.2) is 5.76 Å². The Hall–Kier alpha value is -3.05. The smallest absolute Gasteiger partial charge is 0.301 e. The quantitative estimate of drug-likeness (QED) is 0.400. The van der Waals surface area contributed by atoms with Crippen LogP contribution in [-0.2, 0) is 6.61 Å². The van der Waals surface area contributed by atoms with Crippen LogP contribution in [0.3, 0.4) is 0 Å². The van der Waals surface area contributed by atoms with Crippen molar-refractivity contribution >= 4 is 5.91 Å². The normalized spacial score (nSPS) is 10.7. The lowest BCUT2D eigenvalue weighted by Crippen LogP contribution is -2.29. The van der Waals surface area contributed by atoms with Crippen LogP contribution in [0, 0.1) is 27.7 Å². The maximum absolute atomic E-state index is 11.8. The molecule has 1 heterocycles. The first-order chi connectivity index (χ1) is 12.9. The van der Waals surface area contributed by atoms with Crippen molar-refractivity contribution in [1.82, 2.24) is 5.43 Å². The number of amides is 1. The fourth-order valence-electron chi connectivity index (χ4n) is 3.18. The Bertz CT molecular complexity index is 946.